The molecule has 1 aliphatic heterocycles. The van der Waals surface area contributed by atoms with Gasteiger partial charge in [0.15, 0.2) is 0 Å². The van der Waals surface area contributed by atoms with E-state index in [9.17, 15) is 13.2 Å². The molecule has 0 radical (unpaired) electrons. The molecule has 9 heteroatoms. The number of carboxylic acid groups (broad SMARTS) is 1. The fourth-order valence-electron chi connectivity index (χ4n) is 1.32. The molecule has 0 saturated heterocycles. The van der Waals surface area contributed by atoms with Gasteiger partial charge < -0.3 is 5.11 Å². The Morgan fingerprint density at radius 2 is 2.17 bits per heavy atom. The van der Waals surface area contributed by atoms with Crippen LogP contribution in [0.4, 0.5) is 0 Å². The molecule has 1 N–H and O–H groups in total. The van der Waals surface area contributed by atoms with Crippen molar-refractivity contribution >= 4 is 49.2 Å². The zero-order valence-electron chi connectivity index (χ0n) is 8.99. The highest BCUT2D eigenvalue weighted by Gasteiger charge is 2.30. The van der Waals surface area contributed by atoms with Crippen LogP contribution in [0.3, 0.4) is 0 Å². The minimum absolute atomic E-state index is 0.126. The molecule has 0 unspecified atom stereocenters. The first-order valence-electron chi connectivity index (χ1n) is 4.61. The van der Waals surface area contributed by atoms with Gasteiger partial charge >= 0.3 is 16.2 Å². The summed E-state index contributed by atoms with van der Waals surface area (Å²) in [4.78, 5) is 11.6. The van der Waals surface area contributed by atoms with Gasteiger partial charge in [-0.05, 0) is 34.1 Å². The molecule has 6 nitrogen and oxygen atoms in total. The van der Waals surface area contributed by atoms with Crippen molar-refractivity contribution in [3.63, 3.8) is 0 Å². The summed E-state index contributed by atoms with van der Waals surface area (Å²) in [6.07, 6.45) is 1.24. The summed E-state index contributed by atoms with van der Waals surface area (Å²) >= 11 is 4.53. The minimum atomic E-state index is -3.98. The van der Waals surface area contributed by atoms with E-state index in [1.54, 1.807) is 12.1 Å². The molecule has 2 rings (SSSR count). The second-order valence-corrected chi connectivity index (χ2v) is 7.45. The third kappa shape index (κ3) is 2.33. The third-order valence-corrected chi connectivity index (χ3v) is 5.18. The van der Waals surface area contributed by atoms with Crippen LogP contribution >= 0.6 is 27.3 Å². The molecule has 0 aromatic carbocycles. The molecular weight excluding hydrogens is 344 g/mol. The number of rotatable bonds is 2. The van der Waals surface area contributed by atoms with Crippen LogP contribution in [-0.2, 0) is 15.0 Å². The number of hydrogen-bond acceptors (Lipinski definition) is 4. The smallest absolute Gasteiger partial charge is 0.353 e. The summed E-state index contributed by atoms with van der Waals surface area (Å²) < 4.78 is 28.5. The average Bonchev–Trinajstić information content (AvgIpc) is 2.68. The molecule has 0 bridgehead atoms. The first-order chi connectivity index (χ1) is 8.31. The number of hydrogen-bond donors (Lipinski definition) is 1. The highest BCUT2D eigenvalue weighted by atomic mass is 79.9. The van der Waals surface area contributed by atoms with Gasteiger partial charge in [-0.1, -0.05) is 0 Å². The number of halogens is 1. The quantitative estimate of drug-likeness (QED) is 0.874. The van der Waals surface area contributed by atoms with Gasteiger partial charge in [0, 0.05) is 7.05 Å². The number of thiophene rings is 1. The van der Waals surface area contributed by atoms with E-state index >= 15 is 0 Å². The lowest BCUT2D eigenvalue weighted by Gasteiger charge is -2.20. The highest BCUT2D eigenvalue weighted by Crippen LogP contribution is 2.26. The maximum Gasteiger partial charge on any atom is 0.353 e. The van der Waals surface area contributed by atoms with Crippen LogP contribution in [-0.4, -0.2) is 36.6 Å². The molecule has 0 atom stereocenters. The molecule has 0 aliphatic carbocycles. The van der Waals surface area contributed by atoms with Gasteiger partial charge in [0.25, 0.3) is 0 Å². The van der Waals surface area contributed by atoms with Gasteiger partial charge in [-0.3, -0.25) is 0 Å². The summed E-state index contributed by atoms with van der Waals surface area (Å²) in [6, 6.07) is 3.41. The summed E-state index contributed by atoms with van der Waals surface area (Å²) in [7, 11) is -2.83. The fourth-order valence-corrected chi connectivity index (χ4v) is 3.63. The Bertz CT molecular complexity index is 674. The topological polar surface area (TPSA) is 87.0 Å². The zero-order valence-corrected chi connectivity index (χ0v) is 12.2. The standard InChI is InChI=1S/C9H7BrN2O4S2/c1-12-6(9(13)14)4-5(11-18(12,15)16)7-2-3-8(10)17-7/h2-4H,1H3,(H,13,14). The van der Waals surface area contributed by atoms with Gasteiger partial charge in [0.05, 0.1) is 14.4 Å². The first-order valence-corrected chi connectivity index (χ1v) is 7.61. The summed E-state index contributed by atoms with van der Waals surface area (Å²) in [5.74, 6) is -1.32. The predicted octanol–water partition coefficient (Wildman–Crippen LogP) is 1.46. The molecule has 1 aliphatic rings. The van der Waals surface area contributed by atoms with E-state index in [0.717, 1.165) is 10.8 Å². The van der Waals surface area contributed by atoms with Crippen molar-refractivity contribution < 1.29 is 18.3 Å². The van der Waals surface area contributed by atoms with E-state index in [0.29, 0.717) is 9.18 Å². The largest absolute Gasteiger partial charge is 0.477 e. The number of allylic oxidation sites excluding steroid dienone is 1. The van der Waals surface area contributed by atoms with Crippen molar-refractivity contribution in [3.8, 4) is 0 Å². The van der Waals surface area contributed by atoms with Crippen LogP contribution in [0.1, 0.15) is 4.88 Å². The molecule has 0 fully saturated rings. The third-order valence-electron chi connectivity index (χ3n) is 2.22. The van der Waals surface area contributed by atoms with E-state index in [-0.39, 0.29) is 11.4 Å². The van der Waals surface area contributed by atoms with E-state index in [4.69, 9.17) is 5.11 Å². The van der Waals surface area contributed by atoms with Gasteiger partial charge in [0.2, 0.25) is 0 Å². The van der Waals surface area contributed by atoms with Gasteiger partial charge in [-0.2, -0.15) is 8.42 Å². The summed E-state index contributed by atoms with van der Waals surface area (Å²) in [6.45, 7) is 0. The Morgan fingerprint density at radius 3 is 2.67 bits per heavy atom. The van der Waals surface area contributed by atoms with Crippen LogP contribution in [0.15, 0.2) is 32.1 Å². The van der Waals surface area contributed by atoms with Crippen LogP contribution < -0.4 is 0 Å². The minimum Gasteiger partial charge on any atom is -0.477 e. The fraction of sp³-hybridized carbons (Fsp3) is 0.111. The lowest BCUT2D eigenvalue weighted by molar-refractivity contribution is -0.133. The van der Waals surface area contributed by atoms with Crippen molar-refractivity contribution in [2.24, 2.45) is 4.40 Å². The Morgan fingerprint density at radius 1 is 1.50 bits per heavy atom. The van der Waals surface area contributed by atoms with Crippen molar-refractivity contribution in [2.45, 2.75) is 0 Å². The van der Waals surface area contributed by atoms with E-state index in [1.165, 1.54) is 17.4 Å². The van der Waals surface area contributed by atoms with E-state index < -0.39 is 16.2 Å². The average molecular weight is 351 g/mol. The highest BCUT2D eigenvalue weighted by molar-refractivity contribution is 9.11. The van der Waals surface area contributed by atoms with Crippen molar-refractivity contribution in [2.75, 3.05) is 7.05 Å². The number of carboxylic acids is 1. The van der Waals surface area contributed by atoms with Crippen LogP contribution in [0, 0.1) is 0 Å². The molecule has 0 amide bonds. The number of aliphatic carboxylic acids is 1. The van der Waals surface area contributed by atoms with E-state index in [1.807, 2.05) is 0 Å². The van der Waals surface area contributed by atoms with Crippen molar-refractivity contribution in [1.82, 2.24) is 4.31 Å². The SMILES string of the molecule is CN1C(C(=O)O)=CC(c2ccc(Br)s2)=NS1(=O)=O. The van der Waals surface area contributed by atoms with E-state index in [2.05, 4.69) is 20.3 Å². The van der Waals surface area contributed by atoms with Gasteiger partial charge in [0.1, 0.15) is 5.70 Å². The molecule has 18 heavy (non-hydrogen) atoms. The Balaban J connectivity index is 2.58. The Kier molecular flexibility index (Phi) is 3.30. The van der Waals surface area contributed by atoms with Crippen LogP contribution in [0.25, 0.3) is 0 Å². The van der Waals surface area contributed by atoms with Crippen LogP contribution in [0.5, 0.6) is 0 Å². The summed E-state index contributed by atoms with van der Waals surface area (Å²) in [5.41, 5.74) is -0.203. The lowest BCUT2D eigenvalue weighted by Crippen LogP contribution is -2.33. The monoisotopic (exact) mass is 350 g/mol. The van der Waals surface area contributed by atoms with Crippen molar-refractivity contribution in [1.29, 1.82) is 0 Å². The predicted molar refractivity (Wildman–Crippen MR) is 71.0 cm³/mol. The molecule has 0 saturated carbocycles. The maximum absolute atomic E-state index is 11.7. The molecular formula is C9H7BrN2O4S2. The number of likely N-dealkylation sites (N-methyl/N-ethyl adjacent to an activating group) is 1. The Labute approximate surface area is 116 Å². The number of nitrogens with zero attached hydrogens (tertiary/aromatic N) is 2. The second-order valence-electron chi connectivity index (χ2n) is 3.36. The molecule has 1 aromatic rings. The van der Waals surface area contributed by atoms with Crippen molar-refractivity contribution in [3.05, 3.63) is 32.6 Å². The van der Waals surface area contributed by atoms with Gasteiger partial charge in [-0.15, -0.1) is 15.7 Å². The Hall–Kier alpha value is -1.19. The summed E-state index contributed by atoms with van der Waals surface area (Å²) in [5, 5.41) is 8.98. The molecule has 2 heterocycles. The molecule has 1 aromatic heterocycles. The number of carbonyl (C=O) groups is 1. The lowest BCUT2D eigenvalue weighted by atomic mass is 10.2. The zero-order chi connectivity index (χ0) is 13.5. The van der Waals surface area contributed by atoms with Crippen LogP contribution in [0.2, 0.25) is 0 Å². The molecule has 96 valence electrons. The normalized spacial score (nSPS) is 18.2. The second kappa shape index (κ2) is 4.48. The van der Waals surface area contributed by atoms with Gasteiger partial charge in [-0.25, -0.2) is 9.10 Å². The first kappa shape index (κ1) is 13.2. The maximum atomic E-state index is 11.7. The molecule has 0 spiro atoms.